The third-order valence-electron chi connectivity index (χ3n) is 3.22. The Hall–Kier alpha value is -0.820. The van der Waals surface area contributed by atoms with E-state index in [9.17, 15) is 0 Å². The highest BCUT2D eigenvalue weighted by Gasteiger charge is 2.22. The van der Waals surface area contributed by atoms with Gasteiger partial charge in [0.15, 0.2) is 0 Å². The average Bonchev–Trinajstić information content (AvgIpc) is 2.51. The highest BCUT2D eigenvalue weighted by Crippen LogP contribution is 2.28. The van der Waals surface area contributed by atoms with Gasteiger partial charge in [-0.15, -0.1) is 0 Å². The summed E-state index contributed by atoms with van der Waals surface area (Å²) < 4.78 is 0. The van der Waals surface area contributed by atoms with Crippen molar-refractivity contribution in [2.45, 2.75) is 39.2 Å². The van der Waals surface area contributed by atoms with Crippen LogP contribution in [0.5, 0.6) is 0 Å². The predicted octanol–water partition coefficient (Wildman–Crippen LogP) is 2.77. The van der Waals surface area contributed by atoms with Gasteiger partial charge in [-0.05, 0) is 44.2 Å². The van der Waals surface area contributed by atoms with Crippen molar-refractivity contribution >= 4 is 0 Å². The molecule has 0 bridgehead atoms. The summed E-state index contributed by atoms with van der Waals surface area (Å²) in [5, 5.41) is 3.51. The fourth-order valence-corrected chi connectivity index (χ4v) is 2.46. The van der Waals surface area contributed by atoms with Crippen LogP contribution in [-0.2, 0) is 0 Å². The zero-order valence-electron chi connectivity index (χ0n) is 9.30. The third-order valence-corrected chi connectivity index (χ3v) is 3.22. The van der Waals surface area contributed by atoms with E-state index in [4.69, 9.17) is 0 Å². The van der Waals surface area contributed by atoms with Gasteiger partial charge in [0.1, 0.15) is 0 Å². The molecule has 1 fully saturated rings. The quantitative estimate of drug-likeness (QED) is 0.716. The van der Waals surface area contributed by atoms with E-state index in [0.29, 0.717) is 6.04 Å². The molecule has 1 heteroatoms. The zero-order chi connectivity index (χ0) is 10.1. The summed E-state index contributed by atoms with van der Waals surface area (Å²) in [6, 6.07) is 7.50. The Kier molecular flexibility index (Phi) is 2.60. The minimum Gasteiger partial charge on any atom is -0.314 e. The Labute approximate surface area is 86.5 Å². The van der Waals surface area contributed by atoms with Crippen LogP contribution in [0, 0.1) is 13.8 Å². The van der Waals surface area contributed by atoms with Gasteiger partial charge in [0.05, 0.1) is 0 Å². The van der Waals surface area contributed by atoms with Crippen molar-refractivity contribution in [3.05, 3.63) is 34.9 Å². The predicted molar refractivity (Wildman–Crippen MR) is 60.7 cm³/mol. The zero-order valence-corrected chi connectivity index (χ0v) is 9.30. The molecule has 76 valence electrons. The lowest BCUT2D eigenvalue weighted by Crippen LogP contribution is -2.16. The number of hydrogen-bond acceptors (Lipinski definition) is 1. The largest absolute Gasteiger partial charge is 0.314 e. The molecular weight excluding hydrogens is 170 g/mol. The first-order chi connectivity index (χ1) is 6.66. The van der Waals surface area contributed by atoms with Gasteiger partial charge in [-0.2, -0.15) is 0 Å². The van der Waals surface area contributed by atoms with Crippen molar-refractivity contribution in [2.24, 2.45) is 0 Å². The van der Waals surface area contributed by atoms with Gasteiger partial charge in [-0.1, -0.05) is 23.8 Å². The molecule has 1 aromatic rings. The maximum absolute atomic E-state index is 3.51. The molecule has 2 atom stereocenters. The van der Waals surface area contributed by atoms with Gasteiger partial charge in [-0.3, -0.25) is 0 Å². The standard InChI is InChI=1S/C13H19N/c1-9-4-5-13(10(2)6-9)12-7-11(3)14-8-12/h4-6,11-12,14H,7-8H2,1-3H3. The average molecular weight is 189 g/mol. The smallest absolute Gasteiger partial charge is 0.00452 e. The van der Waals surface area contributed by atoms with Crippen molar-refractivity contribution < 1.29 is 0 Å². The van der Waals surface area contributed by atoms with Crippen LogP contribution in [0.3, 0.4) is 0 Å². The summed E-state index contributed by atoms with van der Waals surface area (Å²) in [6.07, 6.45) is 1.28. The fourth-order valence-electron chi connectivity index (χ4n) is 2.46. The van der Waals surface area contributed by atoms with E-state index in [0.717, 1.165) is 12.5 Å². The first kappa shape index (κ1) is 9.72. The Morgan fingerprint density at radius 3 is 2.64 bits per heavy atom. The Balaban J connectivity index is 2.24. The molecule has 1 heterocycles. The number of aryl methyl sites for hydroxylation is 2. The number of nitrogens with one attached hydrogen (secondary N) is 1. The Morgan fingerprint density at radius 2 is 2.07 bits per heavy atom. The van der Waals surface area contributed by atoms with E-state index >= 15 is 0 Å². The van der Waals surface area contributed by atoms with E-state index in [1.165, 1.54) is 23.1 Å². The van der Waals surface area contributed by atoms with Crippen LogP contribution in [0.25, 0.3) is 0 Å². The maximum atomic E-state index is 3.51. The summed E-state index contributed by atoms with van der Waals surface area (Å²) in [5.74, 6) is 0.727. The molecule has 1 aromatic carbocycles. The molecule has 0 amide bonds. The summed E-state index contributed by atoms with van der Waals surface area (Å²) >= 11 is 0. The van der Waals surface area contributed by atoms with Crippen LogP contribution in [0.2, 0.25) is 0 Å². The van der Waals surface area contributed by atoms with Gasteiger partial charge < -0.3 is 5.32 Å². The van der Waals surface area contributed by atoms with Gasteiger partial charge in [-0.25, -0.2) is 0 Å². The van der Waals surface area contributed by atoms with E-state index in [1.54, 1.807) is 0 Å². The molecule has 2 unspecified atom stereocenters. The molecule has 2 rings (SSSR count). The molecule has 0 aliphatic carbocycles. The van der Waals surface area contributed by atoms with Crippen LogP contribution in [0.1, 0.15) is 36.0 Å². The molecule has 0 saturated carbocycles. The molecule has 1 N–H and O–H groups in total. The second-order valence-corrected chi connectivity index (χ2v) is 4.60. The van der Waals surface area contributed by atoms with Crippen molar-refractivity contribution in [3.8, 4) is 0 Å². The molecular formula is C13H19N. The van der Waals surface area contributed by atoms with E-state index in [-0.39, 0.29) is 0 Å². The highest BCUT2D eigenvalue weighted by atomic mass is 14.9. The summed E-state index contributed by atoms with van der Waals surface area (Å²) in [4.78, 5) is 0. The van der Waals surface area contributed by atoms with Gasteiger partial charge in [0.25, 0.3) is 0 Å². The van der Waals surface area contributed by atoms with Gasteiger partial charge in [0, 0.05) is 12.6 Å². The molecule has 1 aliphatic heterocycles. The number of hydrogen-bond donors (Lipinski definition) is 1. The lowest BCUT2D eigenvalue weighted by Gasteiger charge is -2.12. The summed E-state index contributed by atoms with van der Waals surface area (Å²) in [5.41, 5.74) is 4.35. The van der Waals surface area contributed by atoms with Crippen molar-refractivity contribution in [1.82, 2.24) is 5.32 Å². The normalized spacial score (nSPS) is 26.8. The first-order valence-electron chi connectivity index (χ1n) is 5.47. The number of benzene rings is 1. The van der Waals surface area contributed by atoms with Crippen LogP contribution < -0.4 is 5.32 Å². The Morgan fingerprint density at radius 1 is 1.29 bits per heavy atom. The lowest BCUT2D eigenvalue weighted by molar-refractivity contribution is 0.658. The highest BCUT2D eigenvalue weighted by molar-refractivity contribution is 5.34. The third kappa shape index (κ3) is 1.83. The van der Waals surface area contributed by atoms with Crippen molar-refractivity contribution in [3.63, 3.8) is 0 Å². The molecule has 0 spiro atoms. The topological polar surface area (TPSA) is 12.0 Å². The van der Waals surface area contributed by atoms with E-state index in [2.05, 4.69) is 44.3 Å². The molecule has 1 saturated heterocycles. The minimum atomic E-state index is 0.681. The Bertz CT molecular complexity index is 330. The maximum Gasteiger partial charge on any atom is 0.00452 e. The molecule has 0 aromatic heterocycles. The van der Waals surface area contributed by atoms with Crippen LogP contribution >= 0.6 is 0 Å². The second-order valence-electron chi connectivity index (χ2n) is 4.60. The lowest BCUT2D eigenvalue weighted by atomic mass is 9.92. The van der Waals surface area contributed by atoms with Gasteiger partial charge >= 0.3 is 0 Å². The minimum absolute atomic E-state index is 0.681. The fraction of sp³-hybridized carbons (Fsp3) is 0.538. The first-order valence-corrected chi connectivity index (χ1v) is 5.47. The number of rotatable bonds is 1. The van der Waals surface area contributed by atoms with Crippen molar-refractivity contribution in [1.29, 1.82) is 0 Å². The molecule has 1 aliphatic rings. The monoisotopic (exact) mass is 189 g/mol. The van der Waals surface area contributed by atoms with Crippen molar-refractivity contribution in [2.75, 3.05) is 6.54 Å². The molecule has 0 radical (unpaired) electrons. The van der Waals surface area contributed by atoms with Crippen LogP contribution in [0.15, 0.2) is 18.2 Å². The molecule has 1 nitrogen and oxygen atoms in total. The second kappa shape index (κ2) is 3.74. The van der Waals surface area contributed by atoms with E-state index < -0.39 is 0 Å². The molecule has 14 heavy (non-hydrogen) atoms. The summed E-state index contributed by atoms with van der Waals surface area (Å²) in [7, 11) is 0. The van der Waals surface area contributed by atoms with Gasteiger partial charge in [0.2, 0.25) is 0 Å². The van der Waals surface area contributed by atoms with Crippen LogP contribution in [-0.4, -0.2) is 12.6 Å². The van der Waals surface area contributed by atoms with E-state index in [1.807, 2.05) is 0 Å². The summed E-state index contributed by atoms with van der Waals surface area (Å²) in [6.45, 7) is 7.80. The SMILES string of the molecule is Cc1ccc(C2CNC(C)C2)c(C)c1. The van der Waals surface area contributed by atoms with Crippen LogP contribution in [0.4, 0.5) is 0 Å².